The van der Waals surface area contributed by atoms with Crippen LogP contribution in [0.2, 0.25) is 5.02 Å². The molecule has 0 saturated carbocycles. The molecule has 0 unspecified atom stereocenters. The fourth-order valence-corrected chi connectivity index (χ4v) is 2.27. The molecule has 1 amide bonds. The van der Waals surface area contributed by atoms with E-state index in [9.17, 15) is 4.79 Å². The summed E-state index contributed by atoms with van der Waals surface area (Å²) in [6.07, 6.45) is -0.580. The number of halogens is 1. The highest BCUT2D eigenvalue weighted by molar-refractivity contribution is 6.30. The number of nitrogens with zero attached hydrogens (tertiary/aromatic N) is 1. The lowest BCUT2D eigenvalue weighted by Gasteiger charge is -2.25. The number of hydrogen-bond donors (Lipinski definition) is 0. The molecular formula is C17H18ClNO2. The van der Waals surface area contributed by atoms with Gasteiger partial charge in [0.1, 0.15) is 5.75 Å². The number of carbonyl (C=O) groups excluding carboxylic acids is 1. The Balaban J connectivity index is 2.10. The van der Waals surface area contributed by atoms with Crippen molar-refractivity contribution in [3.63, 3.8) is 0 Å². The van der Waals surface area contributed by atoms with Gasteiger partial charge in [-0.2, -0.15) is 0 Å². The van der Waals surface area contributed by atoms with Gasteiger partial charge in [-0.1, -0.05) is 35.9 Å². The van der Waals surface area contributed by atoms with Crippen molar-refractivity contribution in [2.75, 3.05) is 11.4 Å². The zero-order chi connectivity index (χ0) is 15.2. The topological polar surface area (TPSA) is 29.5 Å². The predicted octanol–water partition coefficient (Wildman–Crippen LogP) is 4.16. The number of benzene rings is 2. The maximum absolute atomic E-state index is 12.5. The first-order valence-corrected chi connectivity index (χ1v) is 7.28. The molecule has 0 spiro atoms. The SMILES string of the molecule is CCN(C(=O)[C@@H](C)Oc1cccc(Cl)c1)c1ccccc1. The van der Waals surface area contributed by atoms with Crippen LogP contribution in [0.1, 0.15) is 13.8 Å². The average molecular weight is 304 g/mol. The third-order valence-corrected chi connectivity index (χ3v) is 3.34. The molecule has 1 atom stereocenters. The van der Waals surface area contributed by atoms with E-state index in [0.29, 0.717) is 17.3 Å². The molecule has 3 nitrogen and oxygen atoms in total. The summed E-state index contributed by atoms with van der Waals surface area (Å²) in [7, 11) is 0. The molecule has 21 heavy (non-hydrogen) atoms. The molecule has 0 N–H and O–H groups in total. The number of hydrogen-bond acceptors (Lipinski definition) is 2. The Morgan fingerprint density at radius 3 is 2.52 bits per heavy atom. The molecule has 0 fully saturated rings. The molecule has 0 aliphatic heterocycles. The molecule has 0 bridgehead atoms. The van der Waals surface area contributed by atoms with Crippen molar-refractivity contribution < 1.29 is 9.53 Å². The maximum atomic E-state index is 12.5. The van der Waals surface area contributed by atoms with Crippen LogP contribution in [0.3, 0.4) is 0 Å². The van der Waals surface area contributed by atoms with Gasteiger partial charge in [-0.05, 0) is 44.2 Å². The Labute approximate surface area is 130 Å². The molecule has 0 heterocycles. The Bertz CT molecular complexity index is 601. The molecule has 4 heteroatoms. The standard InChI is InChI=1S/C17H18ClNO2/c1-3-19(15-9-5-4-6-10-15)17(20)13(2)21-16-11-7-8-14(18)12-16/h4-13H,3H2,1-2H3/t13-/m1/s1. The van der Waals surface area contributed by atoms with E-state index in [1.165, 1.54) is 0 Å². The largest absolute Gasteiger partial charge is 0.481 e. The molecule has 0 aromatic heterocycles. The van der Waals surface area contributed by atoms with Crippen molar-refractivity contribution in [3.05, 3.63) is 59.6 Å². The van der Waals surface area contributed by atoms with E-state index in [1.54, 1.807) is 36.1 Å². The van der Waals surface area contributed by atoms with Crippen molar-refractivity contribution >= 4 is 23.2 Å². The third kappa shape index (κ3) is 3.99. The first kappa shape index (κ1) is 15.4. The van der Waals surface area contributed by atoms with Crippen LogP contribution in [-0.4, -0.2) is 18.6 Å². The number of likely N-dealkylation sites (N-methyl/N-ethyl adjacent to an activating group) is 1. The second-order valence-electron chi connectivity index (χ2n) is 4.64. The minimum atomic E-state index is -0.580. The molecule has 0 aliphatic rings. The molecule has 0 aliphatic carbocycles. The van der Waals surface area contributed by atoms with Crippen molar-refractivity contribution in [1.82, 2.24) is 0 Å². The minimum absolute atomic E-state index is 0.0799. The van der Waals surface area contributed by atoms with E-state index in [4.69, 9.17) is 16.3 Å². The van der Waals surface area contributed by atoms with Gasteiger partial charge in [-0.3, -0.25) is 4.79 Å². The van der Waals surface area contributed by atoms with Crippen molar-refractivity contribution in [1.29, 1.82) is 0 Å². The molecular weight excluding hydrogens is 286 g/mol. The van der Waals surface area contributed by atoms with E-state index in [-0.39, 0.29) is 5.91 Å². The van der Waals surface area contributed by atoms with Gasteiger partial charge >= 0.3 is 0 Å². The number of para-hydroxylation sites is 1. The minimum Gasteiger partial charge on any atom is -0.481 e. The number of ether oxygens (including phenoxy) is 1. The second-order valence-corrected chi connectivity index (χ2v) is 5.07. The summed E-state index contributed by atoms with van der Waals surface area (Å²) in [5, 5.41) is 0.586. The molecule has 2 aromatic carbocycles. The van der Waals surface area contributed by atoms with E-state index in [0.717, 1.165) is 5.69 Å². The van der Waals surface area contributed by atoms with Crippen LogP contribution in [0.5, 0.6) is 5.75 Å². The van der Waals surface area contributed by atoms with Gasteiger partial charge < -0.3 is 9.64 Å². The summed E-state index contributed by atoms with van der Waals surface area (Å²) in [6, 6.07) is 16.6. The summed E-state index contributed by atoms with van der Waals surface area (Å²) in [6.45, 7) is 4.28. The highest BCUT2D eigenvalue weighted by atomic mass is 35.5. The Kier molecular flexibility index (Phi) is 5.23. The number of carbonyl (C=O) groups is 1. The predicted molar refractivity (Wildman–Crippen MR) is 86.0 cm³/mol. The Morgan fingerprint density at radius 2 is 1.90 bits per heavy atom. The van der Waals surface area contributed by atoms with Gasteiger partial charge in [0.05, 0.1) is 0 Å². The van der Waals surface area contributed by atoms with E-state index >= 15 is 0 Å². The summed E-state index contributed by atoms with van der Waals surface area (Å²) in [5.41, 5.74) is 0.867. The molecule has 2 rings (SSSR count). The fraction of sp³-hybridized carbons (Fsp3) is 0.235. The summed E-state index contributed by atoms with van der Waals surface area (Å²) in [4.78, 5) is 14.2. The normalized spacial score (nSPS) is 11.8. The summed E-state index contributed by atoms with van der Waals surface area (Å²) < 4.78 is 5.69. The monoisotopic (exact) mass is 303 g/mol. The van der Waals surface area contributed by atoms with Crippen LogP contribution in [0.4, 0.5) is 5.69 Å². The lowest BCUT2D eigenvalue weighted by Crippen LogP contribution is -2.40. The van der Waals surface area contributed by atoms with Gasteiger partial charge in [0.15, 0.2) is 6.10 Å². The lowest BCUT2D eigenvalue weighted by molar-refractivity contribution is -0.124. The first-order chi connectivity index (χ1) is 10.1. The van der Waals surface area contributed by atoms with Crippen LogP contribution in [0.15, 0.2) is 54.6 Å². The quantitative estimate of drug-likeness (QED) is 0.830. The van der Waals surface area contributed by atoms with E-state index in [1.807, 2.05) is 37.3 Å². The molecule has 0 radical (unpaired) electrons. The smallest absolute Gasteiger partial charge is 0.267 e. The Hall–Kier alpha value is -2.00. The lowest BCUT2D eigenvalue weighted by atomic mass is 10.2. The maximum Gasteiger partial charge on any atom is 0.267 e. The Morgan fingerprint density at radius 1 is 1.19 bits per heavy atom. The van der Waals surface area contributed by atoms with Gasteiger partial charge in [0.2, 0.25) is 0 Å². The van der Waals surface area contributed by atoms with Crippen LogP contribution >= 0.6 is 11.6 Å². The van der Waals surface area contributed by atoms with Crippen molar-refractivity contribution in [2.24, 2.45) is 0 Å². The van der Waals surface area contributed by atoms with E-state index < -0.39 is 6.10 Å². The highest BCUT2D eigenvalue weighted by Crippen LogP contribution is 2.20. The molecule has 0 saturated heterocycles. The van der Waals surface area contributed by atoms with Crippen LogP contribution in [0.25, 0.3) is 0 Å². The first-order valence-electron chi connectivity index (χ1n) is 6.90. The second kappa shape index (κ2) is 7.14. The van der Waals surface area contributed by atoms with Gasteiger partial charge in [-0.25, -0.2) is 0 Å². The van der Waals surface area contributed by atoms with E-state index in [2.05, 4.69) is 0 Å². The molecule has 110 valence electrons. The summed E-state index contributed by atoms with van der Waals surface area (Å²) in [5.74, 6) is 0.510. The van der Waals surface area contributed by atoms with Crippen LogP contribution in [0, 0.1) is 0 Å². The zero-order valence-electron chi connectivity index (χ0n) is 12.1. The molecule has 2 aromatic rings. The van der Waals surface area contributed by atoms with Crippen LogP contribution in [-0.2, 0) is 4.79 Å². The number of anilines is 1. The highest BCUT2D eigenvalue weighted by Gasteiger charge is 2.22. The number of amides is 1. The van der Waals surface area contributed by atoms with Gasteiger partial charge in [0.25, 0.3) is 5.91 Å². The number of rotatable bonds is 5. The van der Waals surface area contributed by atoms with Crippen molar-refractivity contribution in [2.45, 2.75) is 20.0 Å². The average Bonchev–Trinajstić information content (AvgIpc) is 2.49. The fourth-order valence-electron chi connectivity index (χ4n) is 2.09. The van der Waals surface area contributed by atoms with Gasteiger partial charge in [0, 0.05) is 17.3 Å². The third-order valence-electron chi connectivity index (χ3n) is 3.11. The van der Waals surface area contributed by atoms with Crippen molar-refractivity contribution in [3.8, 4) is 5.75 Å². The zero-order valence-corrected chi connectivity index (χ0v) is 12.9. The van der Waals surface area contributed by atoms with Gasteiger partial charge in [-0.15, -0.1) is 0 Å². The summed E-state index contributed by atoms with van der Waals surface area (Å²) >= 11 is 5.92. The van der Waals surface area contributed by atoms with Crippen LogP contribution < -0.4 is 9.64 Å².